The molecular weight excluding hydrogens is 609 g/mol. The van der Waals surface area contributed by atoms with Gasteiger partial charge in [0.1, 0.15) is 11.6 Å². The monoisotopic (exact) mass is 637 g/mol. The Morgan fingerprint density at radius 3 is 2.59 bits per heavy atom. The highest BCUT2D eigenvalue weighted by Crippen LogP contribution is 2.44. The van der Waals surface area contributed by atoms with Crippen LogP contribution in [0.2, 0.25) is 5.02 Å². The Morgan fingerprint density at radius 1 is 1.20 bits per heavy atom. The summed E-state index contributed by atoms with van der Waals surface area (Å²) in [4.78, 5) is 43.5. The summed E-state index contributed by atoms with van der Waals surface area (Å²) >= 11 is 6.76. The summed E-state index contributed by atoms with van der Waals surface area (Å²) in [6, 6.07) is 6.78. The normalized spacial score (nSPS) is 17.2. The third-order valence-corrected chi connectivity index (χ3v) is 9.39. The number of sulfone groups is 1. The fourth-order valence-corrected chi connectivity index (χ4v) is 6.83. The van der Waals surface area contributed by atoms with Crippen LogP contribution in [0.15, 0.2) is 58.9 Å². The predicted molar refractivity (Wildman–Crippen MR) is 166 cm³/mol. The van der Waals surface area contributed by atoms with Crippen LogP contribution in [0.3, 0.4) is 0 Å². The Kier molecular flexibility index (Phi) is 7.41. The van der Waals surface area contributed by atoms with Gasteiger partial charge in [-0.1, -0.05) is 24.2 Å². The van der Waals surface area contributed by atoms with Gasteiger partial charge in [0.15, 0.2) is 15.5 Å². The fourth-order valence-electron chi connectivity index (χ4n) is 5.72. The van der Waals surface area contributed by atoms with Crippen LogP contribution < -0.4 is 16.3 Å². The van der Waals surface area contributed by atoms with Gasteiger partial charge in [0, 0.05) is 49.7 Å². The first-order chi connectivity index (χ1) is 20.9. The van der Waals surface area contributed by atoms with E-state index in [0.717, 1.165) is 23.7 Å². The van der Waals surface area contributed by atoms with Crippen LogP contribution in [0.1, 0.15) is 31.4 Å². The van der Waals surface area contributed by atoms with E-state index in [-0.39, 0.29) is 61.9 Å². The summed E-state index contributed by atoms with van der Waals surface area (Å²) in [5.74, 6) is -0.688. The largest absolute Gasteiger partial charge is 0.398 e. The lowest BCUT2D eigenvalue weighted by Gasteiger charge is -2.40. The van der Waals surface area contributed by atoms with E-state index in [1.807, 2.05) is 11.8 Å². The maximum atomic E-state index is 15.2. The number of amides is 1. The lowest BCUT2D eigenvalue weighted by atomic mass is 10.1. The number of aromatic nitrogens is 4. The summed E-state index contributed by atoms with van der Waals surface area (Å²) in [5, 5.41) is 0.376. The molecule has 11 nitrogen and oxygen atoms in total. The minimum atomic E-state index is -3.85. The molecule has 2 aliphatic rings. The predicted octanol–water partition coefficient (Wildman–Crippen LogP) is 3.72. The summed E-state index contributed by atoms with van der Waals surface area (Å²) in [5.41, 5.74) is 5.86. The van der Waals surface area contributed by atoms with Crippen molar-refractivity contribution in [1.82, 2.24) is 24.4 Å². The van der Waals surface area contributed by atoms with Gasteiger partial charge < -0.3 is 15.5 Å². The zero-order valence-corrected chi connectivity index (χ0v) is 25.6. The molecule has 0 unspecified atom stereocenters. The summed E-state index contributed by atoms with van der Waals surface area (Å²) < 4.78 is 42.4. The van der Waals surface area contributed by atoms with Crippen LogP contribution in [0, 0.1) is 5.82 Å². The molecule has 1 amide bonds. The number of hydrogen-bond donors (Lipinski definition) is 1. The smallest absolute Gasteiger partial charge is 0.355 e. The Balaban J connectivity index is 1.69. The number of anilines is 2. The van der Waals surface area contributed by atoms with Gasteiger partial charge in [-0.3, -0.25) is 9.78 Å². The van der Waals surface area contributed by atoms with E-state index in [0.29, 0.717) is 30.7 Å². The minimum absolute atomic E-state index is 0.0126. The number of piperazine rings is 1. The molecule has 3 aromatic heterocycles. The molecule has 14 heteroatoms. The topological polar surface area (TPSA) is 144 Å². The van der Waals surface area contributed by atoms with Crippen molar-refractivity contribution in [2.24, 2.45) is 0 Å². The average Bonchev–Trinajstić information content (AvgIpc) is 3.82. The Labute approximate surface area is 257 Å². The maximum Gasteiger partial charge on any atom is 0.355 e. The molecule has 1 aromatic carbocycles. The van der Waals surface area contributed by atoms with Crippen molar-refractivity contribution >= 4 is 49.9 Å². The maximum absolute atomic E-state index is 15.2. The lowest BCUT2D eigenvalue weighted by molar-refractivity contribution is -0.126. The highest BCUT2D eigenvalue weighted by atomic mass is 35.5. The van der Waals surface area contributed by atoms with Crippen molar-refractivity contribution in [2.75, 3.05) is 36.5 Å². The fraction of sp³-hybridized carbons (Fsp3) is 0.300. The van der Waals surface area contributed by atoms with Crippen LogP contribution >= 0.6 is 11.6 Å². The van der Waals surface area contributed by atoms with Crippen LogP contribution in [0.25, 0.3) is 28.0 Å². The van der Waals surface area contributed by atoms with Gasteiger partial charge in [0.25, 0.3) is 0 Å². The second-order valence-electron chi connectivity index (χ2n) is 11.1. The molecule has 2 fully saturated rings. The Morgan fingerprint density at radius 2 is 1.95 bits per heavy atom. The van der Waals surface area contributed by atoms with Crippen molar-refractivity contribution < 1.29 is 17.6 Å². The second kappa shape index (κ2) is 11.0. The second-order valence-corrected chi connectivity index (χ2v) is 13.5. The van der Waals surface area contributed by atoms with Gasteiger partial charge in [-0.25, -0.2) is 27.2 Å². The number of rotatable bonds is 6. The number of benzene rings is 1. The van der Waals surface area contributed by atoms with Crippen LogP contribution in [-0.4, -0.2) is 70.7 Å². The SMILES string of the molecule is C=CC(=O)N1CCN(c2nc(=O)n(-c3c(S(C)(=O)=O)ccnc3C3CC3)c3nc(-c4c(N)cccc4F)c(Cl)cc23)[C@@H](C)C1. The average molecular weight is 638 g/mol. The van der Waals surface area contributed by atoms with E-state index in [1.54, 1.807) is 4.90 Å². The Hall–Kier alpha value is -4.36. The highest BCUT2D eigenvalue weighted by Gasteiger charge is 2.35. The van der Waals surface area contributed by atoms with Gasteiger partial charge in [-0.15, -0.1) is 0 Å². The molecule has 1 aliphatic carbocycles. The molecule has 4 aromatic rings. The van der Waals surface area contributed by atoms with Gasteiger partial charge in [-0.05, 0) is 50.1 Å². The molecule has 1 saturated carbocycles. The van der Waals surface area contributed by atoms with Crippen LogP contribution in [0.4, 0.5) is 15.9 Å². The molecule has 0 spiro atoms. The Bertz CT molecular complexity index is 2010. The molecule has 2 N–H and O–H groups in total. The van der Waals surface area contributed by atoms with Gasteiger partial charge >= 0.3 is 5.69 Å². The first-order valence-corrected chi connectivity index (χ1v) is 16.2. The van der Waals surface area contributed by atoms with E-state index in [4.69, 9.17) is 22.3 Å². The van der Waals surface area contributed by atoms with Gasteiger partial charge in [0.05, 0.1) is 37.9 Å². The molecule has 1 aliphatic heterocycles. The van der Waals surface area contributed by atoms with Crippen molar-refractivity contribution in [3.05, 3.63) is 76.2 Å². The molecule has 228 valence electrons. The number of nitrogens with zero attached hydrogens (tertiary/aromatic N) is 6. The summed E-state index contributed by atoms with van der Waals surface area (Å²) in [6.07, 6.45) is 5.25. The molecular formula is C30H29ClFN7O4S. The van der Waals surface area contributed by atoms with Gasteiger partial charge in [-0.2, -0.15) is 4.98 Å². The first-order valence-electron chi connectivity index (χ1n) is 14.0. The molecule has 0 radical (unpaired) electrons. The minimum Gasteiger partial charge on any atom is -0.398 e. The number of pyridine rings is 2. The number of hydrogen-bond acceptors (Lipinski definition) is 9. The standard InChI is InChI=1S/C30H29ClFN7O4S/c1-4-23(40)37-12-13-38(16(2)15-37)28-18-14-19(31)26(24-20(32)6-5-7-21(24)33)35-29(18)39(30(41)36-28)27-22(44(3,42)43)10-11-34-25(27)17-8-9-17/h4-7,10-11,14,16-17H,1,8-9,12-13,15,33H2,2-3H3/t16-/m0/s1. The highest BCUT2D eigenvalue weighted by molar-refractivity contribution is 7.90. The lowest BCUT2D eigenvalue weighted by Crippen LogP contribution is -2.54. The van der Waals surface area contributed by atoms with Crippen LogP contribution in [-0.2, 0) is 14.6 Å². The number of fused-ring (bicyclic) bond motifs is 1. The molecule has 6 rings (SSSR count). The molecule has 1 saturated heterocycles. The van der Waals surface area contributed by atoms with Crippen molar-refractivity contribution in [3.63, 3.8) is 0 Å². The van der Waals surface area contributed by atoms with Crippen molar-refractivity contribution in [2.45, 2.75) is 36.6 Å². The third-order valence-electron chi connectivity index (χ3n) is 7.97. The van der Waals surface area contributed by atoms with Crippen molar-refractivity contribution in [1.29, 1.82) is 0 Å². The van der Waals surface area contributed by atoms with Crippen molar-refractivity contribution in [3.8, 4) is 16.9 Å². The molecule has 1 atom stereocenters. The van der Waals surface area contributed by atoms with E-state index >= 15 is 4.39 Å². The summed E-state index contributed by atoms with van der Waals surface area (Å²) in [6.45, 7) is 6.48. The zero-order valence-electron chi connectivity index (χ0n) is 24.0. The number of carbonyl (C=O) groups excluding carboxylic acids is 1. The van der Waals surface area contributed by atoms with Crippen LogP contribution in [0.5, 0.6) is 0 Å². The van der Waals surface area contributed by atoms with E-state index < -0.39 is 21.3 Å². The zero-order chi connectivity index (χ0) is 31.5. The molecule has 0 bridgehead atoms. The van der Waals surface area contributed by atoms with E-state index in [2.05, 4.69) is 16.5 Å². The summed E-state index contributed by atoms with van der Waals surface area (Å²) in [7, 11) is -3.85. The molecule has 44 heavy (non-hydrogen) atoms. The van der Waals surface area contributed by atoms with E-state index in [9.17, 15) is 18.0 Å². The number of carbonyl (C=O) groups is 1. The number of nitrogens with two attached hydrogens (primary N) is 1. The first kappa shape index (κ1) is 29.7. The molecule has 4 heterocycles. The third kappa shape index (κ3) is 5.09. The number of halogens is 2. The quantitative estimate of drug-likeness (QED) is 0.247. The van der Waals surface area contributed by atoms with E-state index in [1.165, 1.54) is 42.6 Å². The van der Waals surface area contributed by atoms with Gasteiger partial charge in [0.2, 0.25) is 5.91 Å². The number of nitrogen functional groups attached to an aromatic ring is 1.